The van der Waals surface area contributed by atoms with Gasteiger partial charge < -0.3 is 13.9 Å². The summed E-state index contributed by atoms with van der Waals surface area (Å²) >= 11 is 3.47. The summed E-state index contributed by atoms with van der Waals surface area (Å²) in [6.07, 6.45) is 1.89. The lowest BCUT2D eigenvalue weighted by molar-refractivity contribution is -0.142. The predicted molar refractivity (Wildman–Crippen MR) is 95.0 cm³/mol. The highest BCUT2D eigenvalue weighted by Crippen LogP contribution is 2.29. The van der Waals surface area contributed by atoms with E-state index in [1.807, 2.05) is 42.5 Å². The van der Waals surface area contributed by atoms with Crippen molar-refractivity contribution < 1.29 is 18.7 Å². The van der Waals surface area contributed by atoms with E-state index in [0.717, 1.165) is 26.6 Å². The van der Waals surface area contributed by atoms with E-state index in [1.165, 1.54) is 0 Å². The standard InChI is InChI=1S/C19H17BrO4/c1-2-22-18(21)10-13-6-3-4-9-17(13)23-11-14-12-24-19-15(14)7-5-8-16(19)20/h3-9,12H,2,10-11H2,1H3. The van der Waals surface area contributed by atoms with Crippen molar-refractivity contribution in [3.05, 3.63) is 64.3 Å². The summed E-state index contributed by atoms with van der Waals surface area (Å²) in [5.74, 6) is 0.418. The molecule has 0 fully saturated rings. The van der Waals surface area contributed by atoms with Crippen LogP contribution < -0.4 is 4.74 Å². The summed E-state index contributed by atoms with van der Waals surface area (Å²) in [4.78, 5) is 11.7. The van der Waals surface area contributed by atoms with Crippen LogP contribution in [-0.4, -0.2) is 12.6 Å². The molecule has 0 radical (unpaired) electrons. The van der Waals surface area contributed by atoms with Gasteiger partial charge in [-0.25, -0.2) is 0 Å². The molecule has 0 bridgehead atoms. The highest BCUT2D eigenvalue weighted by molar-refractivity contribution is 9.10. The van der Waals surface area contributed by atoms with Gasteiger partial charge >= 0.3 is 5.97 Å². The molecule has 0 N–H and O–H groups in total. The van der Waals surface area contributed by atoms with Crippen LogP contribution in [-0.2, 0) is 22.6 Å². The fraction of sp³-hybridized carbons (Fsp3) is 0.211. The third-order valence-corrected chi connectivity index (χ3v) is 4.25. The van der Waals surface area contributed by atoms with Gasteiger partial charge in [0.25, 0.3) is 0 Å². The van der Waals surface area contributed by atoms with Crippen LogP contribution in [0.4, 0.5) is 0 Å². The SMILES string of the molecule is CCOC(=O)Cc1ccccc1OCc1coc2c(Br)cccc12. The lowest BCUT2D eigenvalue weighted by Gasteiger charge is -2.10. The van der Waals surface area contributed by atoms with Gasteiger partial charge in [-0.1, -0.05) is 30.3 Å². The topological polar surface area (TPSA) is 48.7 Å². The molecule has 0 aliphatic carbocycles. The first-order chi connectivity index (χ1) is 11.7. The Kier molecular flexibility index (Phi) is 5.20. The molecule has 0 saturated carbocycles. The quantitative estimate of drug-likeness (QED) is 0.564. The Labute approximate surface area is 148 Å². The summed E-state index contributed by atoms with van der Waals surface area (Å²) in [6.45, 7) is 2.53. The van der Waals surface area contributed by atoms with Crippen molar-refractivity contribution in [2.24, 2.45) is 0 Å². The van der Waals surface area contributed by atoms with Gasteiger partial charge in [0.15, 0.2) is 0 Å². The maximum atomic E-state index is 11.7. The summed E-state index contributed by atoms with van der Waals surface area (Å²) < 4.78 is 17.4. The number of halogens is 1. The van der Waals surface area contributed by atoms with E-state index < -0.39 is 0 Å². The van der Waals surface area contributed by atoms with Crippen LogP contribution in [0.15, 0.2) is 57.6 Å². The molecule has 124 valence electrons. The molecule has 24 heavy (non-hydrogen) atoms. The molecular formula is C19H17BrO4. The van der Waals surface area contributed by atoms with Crippen LogP contribution in [0.25, 0.3) is 11.0 Å². The second kappa shape index (κ2) is 7.53. The van der Waals surface area contributed by atoms with Crippen LogP contribution in [0.2, 0.25) is 0 Å². The third-order valence-electron chi connectivity index (χ3n) is 3.63. The number of fused-ring (bicyclic) bond motifs is 1. The Morgan fingerprint density at radius 2 is 1.96 bits per heavy atom. The molecule has 2 aromatic carbocycles. The normalized spacial score (nSPS) is 10.8. The van der Waals surface area contributed by atoms with E-state index in [9.17, 15) is 4.79 Å². The molecule has 0 aliphatic heterocycles. The number of para-hydroxylation sites is 2. The second-order valence-electron chi connectivity index (χ2n) is 5.26. The summed E-state index contributed by atoms with van der Waals surface area (Å²) in [5.41, 5.74) is 2.57. The molecule has 0 amide bonds. The molecule has 3 aromatic rings. The van der Waals surface area contributed by atoms with Gasteiger partial charge in [-0.2, -0.15) is 0 Å². The number of rotatable bonds is 6. The predicted octanol–water partition coefficient (Wildman–Crippen LogP) is 4.88. The van der Waals surface area contributed by atoms with Gasteiger partial charge in [0.05, 0.1) is 23.8 Å². The Hall–Kier alpha value is -2.27. The first-order valence-electron chi connectivity index (χ1n) is 7.70. The van der Waals surface area contributed by atoms with Gasteiger partial charge in [-0.05, 0) is 35.0 Å². The van der Waals surface area contributed by atoms with E-state index >= 15 is 0 Å². The number of esters is 1. The molecule has 3 rings (SSSR count). The largest absolute Gasteiger partial charge is 0.488 e. The monoisotopic (exact) mass is 388 g/mol. The summed E-state index contributed by atoms with van der Waals surface area (Å²) in [7, 11) is 0. The Morgan fingerprint density at radius 1 is 1.12 bits per heavy atom. The Balaban J connectivity index is 1.77. The average Bonchev–Trinajstić information content (AvgIpc) is 2.99. The highest BCUT2D eigenvalue weighted by Gasteiger charge is 2.12. The van der Waals surface area contributed by atoms with Crippen molar-refractivity contribution in [2.45, 2.75) is 20.0 Å². The molecule has 0 atom stereocenters. The summed E-state index contributed by atoms with van der Waals surface area (Å²) in [6, 6.07) is 13.4. The number of hydrogen-bond donors (Lipinski definition) is 0. The number of carbonyl (C=O) groups excluding carboxylic acids is 1. The molecule has 5 heteroatoms. The maximum absolute atomic E-state index is 11.7. The van der Waals surface area contributed by atoms with Crippen LogP contribution in [0.1, 0.15) is 18.1 Å². The van der Waals surface area contributed by atoms with E-state index in [1.54, 1.807) is 13.2 Å². The van der Waals surface area contributed by atoms with Crippen molar-refractivity contribution in [3.8, 4) is 5.75 Å². The van der Waals surface area contributed by atoms with E-state index in [2.05, 4.69) is 15.9 Å². The lowest BCUT2D eigenvalue weighted by Crippen LogP contribution is -2.09. The minimum absolute atomic E-state index is 0.196. The average molecular weight is 389 g/mol. The molecule has 0 unspecified atom stereocenters. The lowest BCUT2D eigenvalue weighted by atomic mass is 10.1. The highest BCUT2D eigenvalue weighted by atomic mass is 79.9. The van der Waals surface area contributed by atoms with Crippen molar-refractivity contribution in [1.29, 1.82) is 0 Å². The minimum atomic E-state index is -0.258. The molecule has 0 spiro atoms. The van der Waals surface area contributed by atoms with Crippen molar-refractivity contribution in [2.75, 3.05) is 6.61 Å². The molecule has 1 aromatic heterocycles. The number of hydrogen-bond acceptors (Lipinski definition) is 4. The number of furan rings is 1. The zero-order chi connectivity index (χ0) is 16.9. The van der Waals surface area contributed by atoms with Crippen LogP contribution in [0.5, 0.6) is 5.75 Å². The molecule has 1 heterocycles. The van der Waals surface area contributed by atoms with Crippen molar-refractivity contribution in [3.63, 3.8) is 0 Å². The van der Waals surface area contributed by atoms with E-state index in [0.29, 0.717) is 19.0 Å². The van der Waals surface area contributed by atoms with Crippen LogP contribution in [0.3, 0.4) is 0 Å². The molecule has 0 aliphatic rings. The number of carbonyl (C=O) groups is 1. The molecule has 4 nitrogen and oxygen atoms in total. The first-order valence-corrected chi connectivity index (χ1v) is 8.49. The smallest absolute Gasteiger partial charge is 0.310 e. The van der Waals surface area contributed by atoms with Gasteiger partial charge in [0.1, 0.15) is 17.9 Å². The fourth-order valence-corrected chi connectivity index (χ4v) is 2.96. The maximum Gasteiger partial charge on any atom is 0.310 e. The van der Waals surface area contributed by atoms with Gasteiger partial charge in [0.2, 0.25) is 0 Å². The first kappa shape index (κ1) is 16.6. The number of ether oxygens (including phenoxy) is 2. The number of benzene rings is 2. The Bertz CT molecular complexity index is 853. The molecular weight excluding hydrogens is 372 g/mol. The van der Waals surface area contributed by atoms with Crippen LogP contribution >= 0.6 is 15.9 Å². The van der Waals surface area contributed by atoms with Gasteiger partial charge in [-0.3, -0.25) is 4.79 Å². The molecule has 0 saturated heterocycles. The van der Waals surface area contributed by atoms with Crippen molar-refractivity contribution >= 4 is 32.9 Å². The van der Waals surface area contributed by atoms with Crippen molar-refractivity contribution in [1.82, 2.24) is 0 Å². The van der Waals surface area contributed by atoms with Gasteiger partial charge in [-0.15, -0.1) is 0 Å². The second-order valence-corrected chi connectivity index (χ2v) is 6.11. The Morgan fingerprint density at radius 3 is 2.79 bits per heavy atom. The van der Waals surface area contributed by atoms with E-state index in [-0.39, 0.29) is 12.4 Å². The summed E-state index contributed by atoms with van der Waals surface area (Å²) in [5, 5.41) is 1.01. The minimum Gasteiger partial charge on any atom is -0.488 e. The van der Waals surface area contributed by atoms with E-state index in [4.69, 9.17) is 13.9 Å². The fourth-order valence-electron chi connectivity index (χ4n) is 2.50. The third kappa shape index (κ3) is 3.62. The van der Waals surface area contributed by atoms with Crippen LogP contribution in [0, 0.1) is 0 Å². The zero-order valence-electron chi connectivity index (χ0n) is 13.3. The zero-order valence-corrected chi connectivity index (χ0v) is 14.8. The van der Waals surface area contributed by atoms with Gasteiger partial charge in [0, 0.05) is 16.5 Å².